The number of hydrogen-bond donors (Lipinski definition) is 2. The molecule has 0 spiro atoms. The molecule has 1 aliphatic carbocycles. The van der Waals surface area contributed by atoms with Crippen LogP contribution >= 0.6 is 0 Å². The average Bonchev–Trinajstić information content (AvgIpc) is 3.48. The minimum atomic E-state index is -0.140. The van der Waals surface area contributed by atoms with Gasteiger partial charge in [-0.15, -0.1) is 0 Å². The number of H-pyrrole nitrogens is 1. The molecule has 0 radical (unpaired) electrons. The summed E-state index contributed by atoms with van der Waals surface area (Å²) in [6.07, 6.45) is 4.73. The van der Waals surface area contributed by atoms with Gasteiger partial charge in [0, 0.05) is 47.4 Å². The highest BCUT2D eigenvalue weighted by molar-refractivity contribution is 5.94. The van der Waals surface area contributed by atoms with Crippen molar-refractivity contribution in [2.24, 2.45) is 11.8 Å². The van der Waals surface area contributed by atoms with Crippen LogP contribution in [-0.4, -0.2) is 34.8 Å². The van der Waals surface area contributed by atoms with Gasteiger partial charge in [0.1, 0.15) is 0 Å². The van der Waals surface area contributed by atoms with E-state index in [1.54, 1.807) is 0 Å². The zero-order chi connectivity index (χ0) is 20.5. The van der Waals surface area contributed by atoms with Gasteiger partial charge in [-0.2, -0.15) is 0 Å². The maximum atomic E-state index is 12.9. The molecular weight excluding hydrogens is 374 g/mol. The fraction of sp³-hybridized carbons (Fsp3) is 0.360. The summed E-state index contributed by atoms with van der Waals surface area (Å²) in [7, 11) is 0. The van der Waals surface area contributed by atoms with Crippen molar-refractivity contribution in [2.75, 3.05) is 18.4 Å². The number of aromatic nitrogens is 1. The maximum absolute atomic E-state index is 12.9. The Balaban J connectivity index is 1.26. The third-order valence-corrected chi connectivity index (χ3v) is 6.28. The molecule has 30 heavy (non-hydrogen) atoms. The number of hydrogen-bond acceptors (Lipinski definition) is 2. The minimum absolute atomic E-state index is 0.00715. The van der Waals surface area contributed by atoms with Crippen molar-refractivity contribution in [3.8, 4) is 11.3 Å². The number of likely N-dealkylation sites (tertiary alicyclic amines) is 1. The number of carbonyl (C=O) groups excluding carboxylic acids is 2. The van der Waals surface area contributed by atoms with E-state index in [-0.39, 0.29) is 17.7 Å². The Morgan fingerprint density at radius 3 is 2.73 bits per heavy atom. The molecule has 2 heterocycles. The molecule has 2 fully saturated rings. The Kier molecular flexibility index (Phi) is 5.03. The zero-order valence-corrected chi connectivity index (χ0v) is 17.1. The van der Waals surface area contributed by atoms with Crippen molar-refractivity contribution in [1.29, 1.82) is 0 Å². The smallest absolute Gasteiger partial charge is 0.229 e. The molecule has 1 atom stereocenters. The van der Waals surface area contributed by atoms with E-state index in [4.69, 9.17) is 0 Å². The van der Waals surface area contributed by atoms with Crippen LogP contribution in [0.25, 0.3) is 22.2 Å². The molecule has 2 N–H and O–H groups in total. The first kappa shape index (κ1) is 18.9. The Morgan fingerprint density at radius 1 is 1.03 bits per heavy atom. The SMILES string of the molecule is O=C(Nc1cccc(-c2cc3ccccc3[nH]2)c1)[C@H]1CCCN(C(=O)CC2CC2)C1. The molecule has 0 bridgehead atoms. The van der Waals surface area contributed by atoms with E-state index in [1.165, 1.54) is 18.2 Å². The number of amides is 2. The molecular formula is C25H27N3O2. The van der Waals surface area contributed by atoms with Crippen molar-refractivity contribution in [2.45, 2.75) is 32.1 Å². The summed E-state index contributed by atoms with van der Waals surface area (Å²) in [5, 5.41) is 4.24. The quantitative estimate of drug-likeness (QED) is 0.644. The molecule has 2 aromatic carbocycles. The van der Waals surface area contributed by atoms with Crippen molar-refractivity contribution in [1.82, 2.24) is 9.88 Å². The van der Waals surface area contributed by atoms with Gasteiger partial charge in [0.15, 0.2) is 0 Å². The van der Waals surface area contributed by atoms with Crippen LogP contribution in [0.5, 0.6) is 0 Å². The van der Waals surface area contributed by atoms with Gasteiger partial charge in [0.05, 0.1) is 5.92 Å². The van der Waals surface area contributed by atoms with Crippen molar-refractivity contribution >= 4 is 28.4 Å². The molecule has 1 saturated carbocycles. The van der Waals surface area contributed by atoms with E-state index in [2.05, 4.69) is 28.5 Å². The summed E-state index contributed by atoms with van der Waals surface area (Å²) in [5.41, 5.74) is 3.95. The number of aromatic amines is 1. The monoisotopic (exact) mass is 401 g/mol. The highest BCUT2D eigenvalue weighted by Crippen LogP contribution is 2.33. The first-order valence-corrected chi connectivity index (χ1v) is 10.9. The number of benzene rings is 2. The third kappa shape index (κ3) is 4.11. The predicted molar refractivity (Wildman–Crippen MR) is 119 cm³/mol. The van der Waals surface area contributed by atoms with E-state index >= 15 is 0 Å². The summed E-state index contributed by atoms with van der Waals surface area (Å²) in [4.78, 5) is 30.7. The van der Waals surface area contributed by atoms with Crippen LogP contribution in [0.2, 0.25) is 0 Å². The number of piperidine rings is 1. The number of fused-ring (bicyclic) bond motifs is 1. The fourth-order valence-electron chi connectivity index (χ4n) is 4.35. The lowest BCUT2D eigenvalue weighted by molar-refractivity contribution is -0.134. The summed E-state index contributed by atoms with van der Waals surface area (Å²) in [5.74, 6) is 0.668. The van der Waals surface area contributed by atoms with Crippen LogP contribution in [0.4, 0.5) is 5.69 Å². The van der Waals surface area contributed by atoms with E-state index in [1.807, 2.05) is 41.3 Å². The number of para-hydroxylation sites is 1. The second-order valence-electron chi connectivity index (χ2n) is 8.67. The zero-order valence-electron chi connectivity index (χ0n) is 17.1. The van der Waals surface area contributed by atoms with Gasteiger partial charge in [-0.05, 0) is 55.9 Å². The van der Waals surface area contributed by atoms with Crippen molar-refractivity contribution in [3.05, 3.63) is 54.6 Å². The van der Waals surface area contributed by atoms with Gasteiger partial charge in [-0.25, -0.2) is 0 Å². The molecule has 154 valence electrons. The summed E-state index contributed by atoms with van der Waals surface area (Å²) < 4.78 is 0. The second kappa shape index (κ2) is 7.98. The molecule has 5 nitrogen and oxygen atoms in total. The molecule has 5 rings (SSSR count). The van der Waals surface area contributed by atoms with Gasteiger partial charge >= 0.3 is 0 Å². The molecule has 1 aliphatic heterocycles. The summed E-state index contributed by atoms with van der Waals surface area (Å²) >= 11 is 0. The first-order valence-electron chi connectivity index (χ1n) is 10.9. The molecule has 5 heteroatoms. The van der Waals surface area contributed by atoms with Gasteiger partial charge in [-0.3, -0.25) is 9.59 Å². The van der Waals surface area contributed by atoms with Gasteiger partial charge in [0.2, 0.25) is 11.8 Å². The minimum Gasteiger partial charge on any atom is -0.355 e. The average molecular weight is 402 g/mol. The normalized spacial score (nSPS) is 19.1. The topological polar surface area (TPSA) is 65.2 Å². The van der Waals surface area contributed by atoms with Crippen LogP contribution in [0, 0.1) is 11.8 Å². The lowest BCUT2D eigenvalue weighted by Gasteiger charge is -2.32. The van der Waals surface area contributed by atoms with Crippen LogP contribution in [-0.2, 0) is 9.59 Å². The highest BCUT2D eigenvalue weighted by Gasteiger charge is 2.31. The Hall–Kier alpha value is -3.08. The van der Waals surface area contributed by atoms with E-state index < -0.39 is 0 Å². The van der Waals surface area contributed by atoms with Gasteiger partial charge < -0.3 is 15.2 Å². The Bertz CT molecular complexity index is 1050. The summed E-state index contributed by atoms with van der Waals surface area (Å²) in [6.45, 7) is 1.32. The predicted octanol–water partition coefficient (Wildman–Crippen LogP) is 4.81. The highest BCUT2D eigenvalue weighted by atomic mass is 16.2. The second-order valence-corrected chi connectivity index (χ2v) is 8.67. The largest absolute Gasteiger partial charge is 0.355 e. The lowest BCUT2D eigenvalue weighted by Crippen LogP contribution is -2.43. The number of nitrogens with zero attached hydrogens (tertiary/aromatic N) is 1. The number of carbonyl (C=O) groups is 2. The van der Waals surface area contributed by atoms with Crippen LogP contribution in [0.1, 0.15) is 32.1 Å². The molecule has 1 aromatic heterocycles. The Morgan fingerprint density at radius 2 is 1.90 bits per heavy atom. The summed E-state index contributed by atoms with van der Waals surface area (Å²) in [6, 6.07) is 18.2. The van der Waals surface area contributed by atoms with Crippen molar-refractivity contribution < 1.29 is 9.59 Å². The Labute approximate surface area is 176 Å². The maximum Gasteiger partial charge on any atom is 0.229 e. The molecule has 2 amide bonds. The van der Waals surface area contributed by atoms with E-state index in [0.29, 0.717) is 18.9 Å². The van der Waals surface area contributed by atoms with Crippen molar-refractivity contribution in [3.63, 3.8) is 0 Å². The lowest BCUT2D eigenvalue weighted by atomic mass is 9.96. The van der Waals surface area contributed by atoms with Crippen LogP contribution < -0.4 is 5.32 Å². The molecule has 3 aromatic rings. The fourth-order valence-corrected chi connectivity index (χ4v) is 4.35. The number of anilines is 1. The van der Waals surface area contributed by atoms with Crippen LogP contribution in [0.3, 0.4) is 0 Å². The van der Waals surface area contributed by atoms with Gasteiger partial charge in [0.25, 0.3) is 0 Å². The molecule has 0 unspecified atom stereocenters. The number of nitrogens with one attached hydrogen (secondary N) is 2. The standard InChI is InChI=1S/C25H27N3O2/c29-24(13-17-10-11-17)28-12-4-7-20(16-28)25(30)26-21-8-3-6-18(14-21)23-15-19-5-1-2-9-22(19)27-23/h1-3,5-6,8-9,14-15,17,20,27H,4,7,10-13,16H2,(H,26,30)/t20-/m0/s1. The first-order chi connectivity index (χ1) is 14.7. The van der Waals surface area contributed by atoms with E-state index in [0.717, 1.165) is 41.8 Å². The van der Waals surface area contributed by atoms with Gasteiger partial charge in [-0.1, -0.05) is 30.3 Å². The molecule has 1 saturated heterocycles. The third-order valence-electron chi connectivity index (χ3n) is 6.28. The van der Waals surface area contributed by atoms with E-state index in [9.17, 15) is 9.59 Å². The number of rotatable bonds is 5. The molecule has 2 aliphatic rings. The van der Waals surface area contributed by atoms with Crippen LogP contribution in [0.15, 0.2) is 54.6 Å².